The fourth-order valence-electron chi connectivity index (χ4n) is 5.45. The standard InChI is InChI=1S/C22H32N2O.ClH/c1-17(2)18-8-10-19(11-9-18)23-14-12-22(13-15-23)16-21(25)24(22)20-6-4-3-5-7-20;/h3-7,17-19H,8-16H2,1-2H3;1H/t18-,19-;. The summed E-state index contributed by atoms with van der Waals surface area (Å²) >= 11 is 0. The van der Waals surface area contributed by atoms with Gasteiger partial charge in [0, 0.05) is 24.8 Å². The molecule has 0 N–H and O–H groups in total. The van der Waals surface area contributed by atoms with Crippen molar-refractivity contribution >= 4 is 24.0 Å². The van der Waals surface area contributed by atoms with Crippen LogP contribution in [-0.4, -0.2) is 35.5 Å². The number of hydrogen-bond donors (Lipinski definition) is 0. The average Bonchev–Trinajstić information content (AvgIpc) is 2.63. The second kappa shape index (κ2) is 7.90. The Morgan fingerprint density at radius 1 is 1.00 bits per heavy atom. The molecule has 1 aromatic carbocycles. The summed E-state index contributed by atoms with van der Waals surface area (Å²) in [6.45, 7) is 7.07. The van der Waals surface area contributed by atoms with E-state index >= 15 is 0 Å². The highest BCUT2D eigenvalue weighted by Gasteiger charge is 2.53. The molecule has 1 aliphatic carbocycles. The molecule has 1 amide bonds. The van der Waals surface area contributed by atoms with Gasteiger partial charge in [0.25, 0.3) is 0 Å². The van der Waals surface area contributed by atoms with Crippen LogP contribution in [0.5, 0.6) is 0 Å². The third-order valence-electron chi connectivity index (χ3n) is 7.15. The summed E-state index contributed by atoms with van der Waals surface area (Å²) in [4.78, 5) is 17.1. The zero-order valence-electron chi connectivity index (χ0n) is 16.2. The van der Waals surface area contributed by atoms with Gasteiger partial charge >= 0.3 is 0 Å². The molecule has 0 aromatic heterocycles. The van der Waals surface area contributed by atoms with Gasteiger partial charge in [-0.1, -0.05) is 32.0 Å². The highest BCUT2D eigenvalue weighted by molar-refractivity contribution is 6.02. The van der Waals surface area contributed by atoms with Gasteiger partial charge in [0.05, 0.1) is 12.0 Å². The molecular weight excluding hydrogens is 344 g/mol. The Bertz CT molecular complexity index is 602. The summed E-state index contributed by atoms with van der Waals surface area (Å²) in [7, 11) is 0. The SMILES string of the molecule is CC(C)[C@H]1CC[C@H](N2CCC3(CC2)CC(=O)N3c2ccccc2)CC1.Cl. The highest BCUT2D eigenvalue weighted by atomic mass is 35.5. The minimum Gasteiger partial charge on any atom is -0.306 e. The van der Waals surface area contributed by atoms with Crippen LogP contribution in [0, 0.1) is 11.8 Å². The number of anilines is 1. The van der Waals surface area contributed by atoms with E-state index in [9.17, 15) is 4.79 Å². The minimum atomic E-state index is 0. The molecule has 3 aliphatic rings. The first-order valence-corrected chi connectivity index (χ1v) is 10.2. The van der Waals surface area contributed by atoms with Crippen LogP contribution in [0.2, 0.25) is 0 Å². The topological polar surface area (TPSA) is 23.6 Å². The number of benzene rings is 1. The number of carbonyl (C=O) groups excluding carboxylic acids is 1. The summed E-state index contributed by atoms with van der Waals surface area (Å²) in [5.41, 5.74) is 1.19. The van der Waals surface area contributed by atoms with Crippen molar-refractivity contribution < 1.29 is 4.79 Å². The smallest absolute Gasteiger partial charge is 0.229 e. The Kier molecular flexibility index (Phi) is 5.98. The number of rotatable bonds is 3. The zero-order valence-corrected chi connectivity index (χ0v) is 17.0. The van der Waals surface area contributed by atoms with E-state index in [2.05, 4.69) is 35.8 Å². The molecule has 4 rings (SSSR count). The van der Waals surface area contributed by atoms with Gasteiger partial charge in [-0.05, 0) is 62.5 Å². The minimum absolute atomic E-state index is 0. The lowest BCUT2D eigenvalue weighted by Gasteiger charge is -2.56. The van der Waals surface area contributed by atoms with Crippen molar-refractivity contribution in [2.24, 2.45) is 11.8 Å². The molecular formula is C22H33ClN2O. The molecule has 4 heteroatoms. The van der Waals surface area contributed by atoms with Crippen molar-refractivity contribution in [2.75, 3.05) is 18.0 Å². The molecule has 1 aromatic rings. The largest absolute Gasteiger partial charge is 0.306 e. The molecule has 144 valence electrons. The van der Waals surface area contributed by atoms with Gasteiger partial charge in [0.1, 0.15) is 0 Å². The number of likely N-dealkylation sites (tertiary alicyclic amines) is 1. The van der Waals surface area contributed by atoms with Gasteiger partial charge in [-0.2, -0.15) is 0 Å². The summed E-state index contributed by atoms with van der Waals surface area (Å²) in [6, 6.07) is 11.1. The van der Waals surface area contributed by atoms with Crippen LogP contribution in [0.15, 0.2) is 30.3 Å². The molecule has 3 nitrogen and oxygen atoms in total. The zero-order chi connectivity index (χ0) is 17.4. The summed E-state index contributed by atoms with van der Waals surface area (Å²) in [5.74, 6) is 2.08. The van der Waals surface area contributed by atoms with E-state index in [4.69, 9.17) is 0 Å². The molecule has 0 unspecified atom stereocenters. The number of para-hydroxylation sites is 1. The van der Waals surface area contributed by atoms with Crippen molar-refractivity contribution in [1.82, 2.24) is 4.90 Å². The van der Waals surface area contributed by atoms with Crippen molar-refractivity contribution in [2.45, 2.75) is 70.4 Å². The van der Waals surface area contributed by atoms with E-state index < -0.39 is 0 Å². The average molecular weight is 377 g/mol. The quantitative estimate of drug-likeness (QED) is 0.701. The van der Waals surface area contributed by atoms with Crippen LogP contribution >= 0.6 is 12.4 Å². The highest BCUT2D eigenvalue weighted by Crippen LogP contribution is 2.45. The van der Waals surface area contributed by atoms with Gasteiger partial charge in [-0.25, -0.2) is 0 Å². The van der Waals surface area contributed by atoms with Crippen molar-refractivity contribution in [1.29, 1.82) is 0 Å². The fourth-order valence-corrected chi connectivity index (χ4v) is 5.45. The second-order valence-electron chi connectivity index (χ2n) is 8.81. The Balaban J connectivity index is 0.00000196. The summed E-state index contributed by atoms with van der Waals surface area (Å²) in [6.07, 6.45) is 8.57. The van der Waals surface area contributed by atoms with Crippen LogP contribution in [0.1, 0.15) is 58.8 Å². The lowest BCUT2D eigenvalue weighted by molar-refractivity contribution is -0.129. The van der Waals surface area contributed by atoms with E-state index in [0.717, 1.165) is 55.9 Å². The molecule has 2 heterocycles. The van der Waals surface area contributed by atoms with Crippen LogP contribution < -0.4 is 4.90 Å². The van der Waals surface area contributed by atoms with Crippen LogP contribution in [-0.2, 0) is 4.79 Å². The number of amides is 1. The Labute approximate surface area is 164 Å². The van der Waals surface area contributed by atoms with Gasteiger partial charge in [-0.15, -0.1) is 12.4 Å². The van der Waals surface area contributed by atoms with E-state index in [-0.39, 0.29) is 17.9 Å². The molecule has 0 bridgehead atoms. The van der Waals surface area contributed by atoms with Crippen molar-refractivity contribution in [3.05, 3.63) is 30.3 Å². The fraction of sp³-hybridized carbons (Fsp3) is 0.682. The molecule has 0 atom stereocenters. The van der Waals surface area contributed by atoms with E-state index in [1.807, 2.05) is 18.2 Å². The number of piperidine rings is 1. The summed E-state index contributed by atoms with van der Waals surface area (Å²) in [5, 5.41) is 0. The molecule has 26 heavy (non-hydrogen) atoms. The first-order valence-electron chi connectivity index (χ1n) is 10.2. The number of hydrogen-bond acceptors (Lipinski definition) is 2. The van der Waals surface area contributed by atoms with Crippen LogP contribution in [0.3, 0.4) is 0 Å². The van der Waals surface area contributed by atoms with Gasteiger partial charge in [-0.3, -0.25) is 4.79 Å². The molecule has 2 aliphatic heterocycles. The first kappa shape index (κ1) is 19.7. The maximum atomic E-state index is 12.3. The van der Waals surface area contributed by atoms with Crippen molar-refractivity contribution in [3.63, 3.8) is 0 Å². The van der Waals surface area contributed by atoms with E-state index in [1.54, 1.807) is 0 Å². The predicted octanol–water partition coefficient (Wildman–Crippen LogP) is 4.89. The molecule has 1 spiro atoms. The third-order valence-corrected chi connectivity index (χ3v) is 7.15. The first-order chi connectivity index (χ1) is 12.1. The van der Waals surface area contributed by atoms with E-state index in [1.165, 1.54) is 25.7 Å². The number of nitrogens with zero attached hydrogens (tertiary/aromatic N) is 2. The van der Waals surface area contributed by atoms with Crippen LogP contribution in [0.4, 0.5) is 5.69 Å². The number of halogens is 1. The molecule has 0 radical (unpaired) electrons. The lowest BCUT2D eigenvalue weighted by Crippen LogP contribution is -2.68. The van der Waals surface area contributed by atoms with Crippen LogP contribution in [0.25, 0.3) is 0 Å². The lowest BCUT2D eigenvalue weighted by atomic mass is 9.74. The Hall–Kier alpha value is -1.06. The number of β-lactam (4-membered cyclic amide) rings is 1. The summed E-state index contributed by atoms with van der Waals surface area (Å²) < 4.78 is 0. The van der Waals surface area contributed by atoms with Gasteiger partial charge in [0.15, 0.2) is 0 Å². The predicted molar refractivity (Wildman–Crippen MR) is 110 cm³/mol. The normalized spacial score (nSPS) is 28.7. The number of carbonyl (C=O) groups is 1. The van der Waals surface area contributed by atoms with E-state index in [0.29, 0.717) is 5.91 Å². The monoisotopic (exact) mass is 376 g/mol. The molecule has 3 fully saturated rings. The second-order valence-corrected chi connectivity index (χ2v) is 8.81. The van der Waals surface area contributed by atoms with Gasteiger partial charge in [0.2, 0.25) is 5.91 Å². The third kappa shape index (κ3) is 3.53. The van der Waals surface area contributed by atoms with Crippen molar-refractivity contribution in [3.8, 4) is 0 Å². The molecule has 1 saturated carbocycles. The Morgan fingerprint density at radius 3 is 2.15 bits per heavy atom. The Morgan fingerprint density at radius 2 is 1.62 bits per heavy atom. The van der Waals surface area contributed by atoms with Gasteiger partial charge < -0.3 is 9.80 Å². The maximum Gasteiger partial charge on any atom is 0.229 e. The maximum absolute atomic E-state index is 12.3. The molecule has 2 saturated heterocycles.